The number of carboxylic acid groups (broad SMARTS) is 1. The minimum absolute atomic E-state index is 0.156. The van der Waals surface area contributed by atoms with Gasteiger partial charge in [0.2, 0.25) is 0 Å². The van der Waals surface area contributed by atoms with Gasteiger partial charge in [0.25, 0.3) is 0 Å². The molecule has 0 unspecified atom stereocenters. The van der Waals surface area contributed by atoms with E-state index >= 15 is 0 Å². The van der Waals surface area contributed by atoms with Gasteiger partial charge in [-0.05, 0) is 35.6 Å². The first kappa shape index (κ1) is 16.9. The number of fused-ring (bicyclic) bond motifs is 1. The lowest BCUT2D eigenvalue weighted by Crippen LogP contribution is -2.23. The molecule has 0 spiro atoms. The molecule has 0 bridgehead atoms. The topological polar surface area (TPSA) is 79.3 Å². The molecule has 5 nitrogen and oxygen atoms in total. The highest BCUT2D eigenvalue weighted by Gasteiger charge is 2.16. The van der Waals surface area contributed by atoms with E-state index < -0.39 is 6.09 Å². The van der Waals surface area contributed by atoms with Crippen molar-refractivity contribution >= 4 is 34.2 Å². The summed E-state index contributed by atoms with van der Waals surface area (Å²) in [5, 5.41) is 13.0. The summed E-state index contributed by atoms with van der Waals surface area (Å²) in [5.41, 5.74) is 1.85. The Morgan fingerprint density at radius 2 is 1.96 bits per heavy atom. The number of hydrogen-bond acceptors (Lipinski definition) is 3. The third-order valence-electron chi connectivity index (χ3n) is 3.89. The zero-order valence-corrected chi connectivity index (χ0v) is 14.0. The number of carbonyl (C=O) groups excluding carboxylic acids is 1. The number of benzene rings is 2. The number of amides is 1. The van der Waals surface area contributed by atoms with Crippen molar-refractivity contribution in [2.75, 3.05) is 6.54 Å². The summed E-state index contributed by atoms with van der Waals surface area (Å²) >= 11 is 6.30. The fraction of sp³-hybridized carbons (Fsp3) is 0.105. The van der Waals surface area contributed by atoms with Crippen molar-refractivity contribution in [3.63, 3.8) is 0 Å². The van der Waals surface area contributed by atoms with E-state index in [1.807, 2.05) is 18.2 Å². The third-order valence-corrected chi connectivity index (χ3v) is 4.21. The first-order chi connectivity index (χ1) is 12.1. The Hall–Kier alpha value is -2.92. The summed E-state index contributed by atoms with van der Waals surface area (Å²) in [7, 11) is 0. The Balaban J connectivity index is 1.88. The second-order valence-corrected chi connectivity index (χ2v) is 5.93. The van der Waals surface area contributed by atoms with E-state index in [1.165, 1.54) is 0 Å². The lowest BCUT2D eigenvalue weighted by atomic mass is 9.97. The van der Waals surface area contributed by atoms with Crippen molar-refractivity contribution in [2.24, 2.45) is 0 Å². The maximum absolute atomic E-state index is 12.9. The smallest absolute Gasteiger partial charge is 0.404 e. The molecule has 2 aromatic carbocycles. The number of carbonyl (C=O) groups is 2. The summed E-state index contributed by atoms with van der Waals surface area (Å²) in [6.07, 6.45) is 2.80. The fourth-order valence-electron chi connectivity index (χ4n) is 2.68. The van der Waals surface area contributed by atoms with Gasteiger partial charge in [-0.3, -0.25) is 9.78 Å². The first-order valence-corrected chi connectivity index (χ1v) is 8.07. The number of hydrogen-bond donors (Lipinski definition) is 2. The molecule has 1 heterocycles. The van der Waals surface area contributed by atoms with Gasteiger partial charge in [0, 0.05) is 35.5 Å². The summed E-state index contributed by atoms with van der Waals surface area (Å²) in [5.74, 6) is -0.156. The molecule has 2 N–H and O–H groups in total. The Morgan fingerprint density at radius 1 is 1.12 bits per heavy atom. The lowest BCUT2D eigenvalue weighted by molar-refractivity contribution is 0.104. The van der Waals surface area contributed by atoms with Crippen LogP contribution in [0.4, 0.5) is 4.79 Å². The molecule has 0 aliphatic heterocycles. The summed E-state index contributed by atoms with van der Waals surface area (Å²) < 4.78 is 0. The minimum Gasteiger partial charge on any atom is -0.465 e. The van der Waals surface area contributed by atoms with Gasteiger partial charge in [0.15, 0.2) is 5.78 Å². The van der Waals surface area contributed by atoms with Crippen molar-refractivity contribution in [3.05, 3.63) is 76.6 Å². The zero-order chi connectivity index (χ0) is 17.8. The Labute approximate surface area is 149 Å². The van der Waals surface area contributed by atoms with Gasteiger partial charge < -0.3 is 10.4 Å². The summed E-state index contributed by atoms with van der Waals surface area (Å²) in [6.45, 7) is 0.287. The highest BCUT2D eigenvalue weighted by Crippen LogP contribution is 2.25. The van der Waals surface area contributed by atoms with Crippen LogP contribution in [0.2, 0.25) is 5.02 Å². The number of nitrogens with one attached hydrogen (secondary N) is 1. The van der Waals surface area contributed by atoms with E-state index in [-0.39, 0.29) is 12.3 Å². The van der Waals surface area contributed by atoms with Crippen molar-refractivity contribution < 1.29 is 14.7 Å². The molecule has 1 amide bonds. The highest BCUT2D eigenvalue weighted by atomic mass is 35.5. The minimum atomic E-state index is -1.07. The van der Waals surface area contributed by atoms with Gasteiger partial charge in [0.1, 0.15) is 0 Å². The van der Waals surface area contributed by atoms with Crippen LogP contribution < -0.4 is 5.32 Å². The standard InChI is InChI=1S/C19H15ClN2O3/c20-17-10-12(6-9-22-19(24)25)4-5-16(17)18(23)15-3-1-2-13-11-21-8-7-14(13)15/h1-5,7-8,10-11,22H,6,9H2,(H,24,25). The van der Waals surface area contributed by atoms with Crippen LogP contribution in [-0.4, -0.2) is 28.5 Å². The second-order valence-electron chi connectivity index (χ2n) is 5.53. The average molecular weight is 355 g/mol. The van der Waals surface area contributed by atoms with Crippen molar-refractivity contribution in [1.29, 1.82) is 0 Å². The van der Waals surface area contributed by atoms with E-state index in [0.29, 0.717) is 22.6 Å². The van der Waals surface area contributed by atoms with Crippen LogP contribution in [0.1, 0.15) is 21.5 Å². The van der Waals surface area contributed by atoms with Gasteiger partial charge in [-0.25, -0.2) is 4.79 Å². The van der Waals surface area contributed by atoms with Crippen molar-refractivity contribution in [1.82, 2.24) is 10.3 Å². The Morgan fingerprint density at radius 3 is 2.72 bits per heavy atom. The number of ketones is 1. The largest absolute Gasteiger partial charge is 0.465 e. The van der Waals surface area contributed by atoms with Gasteiger partial charge in [-0.15, -0.1) is 0 Å². The lowest BCUT2D eigenvalue weighted by Gasteiger charge is -2.09. The molecule has 0 aliphatic carbocycles. The monoisotopic (exact) mass is 354 g/mol. The fourth-order valence-corrected chi connectivity index (χ4v) is 2.97. The van der Waals surface area contributed by atoms with E-state index in [2.05, 4.69) is 10.3 Å². The van der Waals surface area contributed by atoms with E-state index in [4.69, 9.17) is 16.7 Å². The first-order valence-electron chi connectivity index (χ1n) is 7.69. The van der Waals surface area contributed by atoms with Crippen molar-refractivity contribution in [2.45, 2.75) is 6.42 Å². The molecule has 0 aliphatic rings. The van der Waals surface area contributed by atoms with Crippen LogP contribution in [0.5, 0.6) is 0 Å². The zero-order valence-electron chi connectivity index (χ0n) is 13.2. The number of pyridine rings is 1. The average Bonchev–Trinajstić information content (AvgIpc) is 2.60. The molecule has 0 atom stereocenters. The van der Waals surface area contributed by atoms with Crippen LogP contribution in [0.25, 0.3) is 10.8 Å². The quantitative estimate of drug-likeness (QED) is 0.680. The second kappa shape index (κ2) is 7.32. The van der Waals surface area contributed by atoms with Crippen LogP contribution in [-0.2, 0) is 6.42 Å². The van der Waals surface area contributed by atoms with Crippen LogP contribution in [0, 0.1) is 0 Å². The van der Waals surface area contributed by atoms with Crippen LogP contribution >= 0.6 is 11.6 Å². The normalized spacial score (nSPS) is 10.6. The number of aromatic nitrogens is 1. The molecular weight excluding hydrogens is 340 g/mol. The molecular formula is C19H15ClN2O3. The Kier molecular flexibility index (Phi) is 4.95. The maximum atomic E-state index is 12.9. The van der Waals surface area contributed by atoms with Crippen LogP contribution in [0.15, 0.2) is 54.9 Å². The van der Waals surface area contributed by atoms with E-state index in [0.717, 1.165) is 16.3 Å². The highest BCUT2D eigenvalue weighted by molar-refractivity contribution is 6.35. The molecule has 126 valence electrons. The number of halogens is 1. The predicted molar refractivity (Wildman–Crippen MR) is 96.4 cm³/mol. The molecule has 3 rings (SSSR count). The van der Waals surface area contributed by atoms with Gasteiger partial charge in [-0.1, -0.05) is 35.9 Å². The van der Waals surface area contributed by atoms with Gasteiger partial charge in [-0.2, -0.15) is 0 Å². The molecule has 3 aromatic rings. The van der Waals surface area contributed by atoms with E-state index in [1.54, 1.807) is 36.7 Å². The molecule has 0 radical (unpaired) electrons. The molecule has 1 aromatic heterocycles. The Bertz CT molecular complexity index is 951. The molecule has 0 saturated heterocycles. The van der Waals surface area contributed by atoms with E-state index in [9.17, 15) is 9.59 Å². The molecule has 0 fully saturated rings. The third kappa shape index (κ3) is 3.78. The molecule has 25 heavy (non-hydrogen) atoms. The van der Waals surface area contributed by atoms with Gasteiger partial charge in [0.05, 0.1) is 5.02 Å². The number of rotatable bonds is 5. The maximum Gasteiger partial charge on any atom is 0.404 e. The predicted octanol–water partition coefficient (Wildman–Crippen LogP) is 3.93. The van der Waals surface area contributed by atoms with Crippen LogP contribution in [0.3, 0.4) is 0 Å². The summed E-state index contributed by atoms with van der Waals surface area (Å²) in [4.78, 5) is 27.4. The number of nitrogens with zero attached hydrogens (tertiary/aromatic N) is 1. The van der Waals surface area contributed by atoms with Crippen molar-refractivity contribution in [3.8, 4) is 0 Å². The SMILES string of the molecule is O=C(O)NCCc1ccc(C(=O)c2cccc3cnccc23)c(Cl)c1. The molecule has 0 saturated carbocycles. The molecule has 6 heteroatoms. The summed E-state index contributed by atoms with van der Waals surface area (Å²) in [6, 6.07) is 12.5. The van der Waals surface area contributed by atoms with Gasteiger partial charge >= 0.3 is 6.09 Å².